The number of anilines is 1. The first-order valence-corrected chi connectivity index (χ1v) is 9.69. The molecular weight excluding hydrogens is 427 g/mol. The summed E-state index contributed by atoms with van der Waals surface area (Å²) in [4.78, 5) is 38.6. The van der Waals surface area contributed by atoms with Gasteiger partial charge in [-0.2, -0.15) is 5.10 Å². The lowest BCUT2D eigenvalue weighted by molar-refractivity contribution is -0.116. The summed E-state index contributed by atoms with van der Waals surface area (Å²) in [5, 5.41) is 7.35. The van der Waals surface area contributed by atoms with E-state index in [1.807, 2.05) is 30.3 Å². The van der Waals surface area contributed by atoms with Gasteiger partial charge in [0.1, 0.15) is 0 Å². The van der Waals surface area contributed by atoms with Gasteiger partial charge < -0.3 is 10.2 Å². The average Bonchev–Trinajstić information content (AvgIpc) is 2.71. The molecule has 2 aromatic carbocycles. The maximum Gasteiger partial charge on any atom is 0.278 e. The number of para-hydroxylation sites is 2. The lowest BCUT2D eigenvalue weighted by Gasteiger charge is -2.18. The van der Waals surface area contributed by atoms with Gasteiger partial charge in [0.2, 0.25) is 11.3 Å². The van der Waals surface area contributed by atoms with Crippen molar-refractivity contribution < 1.29 is 9.59 Å². The van der Waals surface area contributed by atoms with E-state index in [1.54, 1.807) is 25.1 Å². The number of benzene rings is 2. The molecule has 9 heteroatoms. The van der Waals surface area contributed by atoms with Gasteiger partial charge >= 0.3 is 0 Å². The van der Waals surface area contributed by atoms with Crippen LogP contribution in [-0.2, 0) is 4.79 Å². The number of hydrogen-bond donors (Lipinski definition) is 1. The molecule has 0 bridgehead atoms. The van der Waals surface area contributed by atoms with Gasteiger partial charge in [-0.1, -0.05) is 47.5 Å². The van der Waals surface area contributed by atoms with Crippen molar-refractivity contribution in [3.05, 3.63) is 86.3 Å². The molecule has 0 atom stereocenters. The zero-order valence-electron chi connectivity index (χ0n) is 16.2. The lowest BCUT2D eigenvalue weighted by atomic mass is 10.2. The van der Waals surface area contributed by atoms with Crippen LogP contribution < -0.4 is 10.7 Å². The van der Waals surface area contributed by atoms with Crippen molar-refractivity contribution in [2.75, 3.05) is 18.9 Å². The van der Waals surface area contributed by atoms with E-state index >= 15 is 0 Å². The molecule has 3 rings (SSSR count). The van der Waals surface area contributed by atoms with Crippen LogP contribution in [0.3, 0.4) is 0 Å². The van der Waals surface area contributed by atoms with E-state index in [-0.39, 0.29) is 28.0 Å². The number of aryl methyl sites for hydroxylation is 1. The molecule has 7 nitrogen and oxygen atoms in total. The predicted octanol–water partition coefficient (Wildman–Crippen LogP) is 3.56. The molecule has 0 spiro atoms. The largest absolute Gasteiger partial charge is 0.331 e. The third-order valence-electron chi connectivity index (χ3n) is 4.27. The highest BCUT2D eigenvalue weighted by molar-refractivity contribution is 6.39. The van der Waals surface area contributed by atoms with Crippen molar-refractivity contribution in [1.29, 1.82) is 0 Å². The second-order valence-electron chi connectivity index (χ2n) is 6.55. The van der Waals surface area contributed by atoms with E-state index in [1.165, 1.54) is 17.8 Å². The Morgan fingerprint density at radius 1 is 1.07 bits per heavy atom. The Morgan fingerprint density at radius 3 is 2.33 bits per heavy atom. The molecule has 0 saturated carbocycles. The van der Waals surface area contributed by atoms with Gasteiger partial charge in [-0.25, -0.2) is 4.68 Å². The Kier molecular flexibility index (Phi) is 6.54. The van der Waals surface area contributed by atoms with Gasteiger partial charge in [-0.3, -0.25) is 14.4 Å². The van der Waals surface area contributed by atoms with E-state index < -0.39 is 17.2 Å². The van der Waals surface area contributed by atoms with Gasteiger partial charge in [0.05, 0.1) is 28.0 Å². The maximum atomic E-state index is 12.8. The first-order valence-electron chi connectivity index (χ1n) is 8.93. The van der Waals surface area contributed by atoms with E-state index in [0.29, 0.717) is 11.4 Å². The van der Waals surface area contributed by atoms with Crippen LogP contribution in [0, 0.1) is 6.92 Å². The summed E-state index contributed by atoms with van der Waals surface area (Å²) in [7, 11) is 1.41. The fourth-order valence-corrected chi connectivity index (χ4v) is 3.28. The molecule has 1 N–H and O–H groups in total. The third kappa shape index (κ3) is 4.69. The third-order valence-corrected chi connectivity index (χ3v) is 4.90. The van der Waals surface area contributed by atoms with E-state index in [9.17, 15) is 14.4 Å². The first-order chi connectivity index (χ1) is 14.3. The minimum Gasteiger partial charge on any atom is -0.331 e. The Balaban J connectivity index is 1.81. The van der Waals surface area contributed by atoms with E-state index in [0.717, 1.165) is 4.90 Å². The number of carbonyl (C=O) groups excluding carboxylic acids is 2. The molecule has 0 aliphatic heterocycles. The van der Waals surface area contributed by atoms with Crippen LogP contribution >= 0.6 is 23.2 Å². The number of nitrogens with zero attached hydrogens (tertiary/aromatic N) is 3. The monoisotopic (exact) mass is 444 g/mol. The summed E-state index contributed by atoms with van der Waals surface area (Å²) in [6, 6.07) is 15.3. The molecular formula is C21H18Cl2N4O3. The van der Waals surface area contributed by atoms with Gasteiger partial charge in [-0.15, -0.1) is 0 Å². The number of aromatic nitrogens is 2. The number of rotatable bonds is 5. The molecule has 0 fully saturated rings. The summed E-state index contributed by atoms with van der Waals surface area (Å²) >= 11 is 12.1. The Hall–Kier alpha value is -3.16. The number of amides is 2. The number of halogens is 2. The van der Waals surface area contributed by atoms with Gasteiger partial charge in [0.15, 0.2) is 5.69 Å². The Morgan fingerprint density at radius 2 is 1.70 bits per heavy atom. The molecule has 0 aliphatic rings. The molecule has 30 heavy (non-hydrogen) atoms. The van der Waals surface area contributed by atoms with Gasteiger partial charge in [-0.05, 0) is 31.2 Å². The van der Waals surface area contributed by atoms with Crippen LogP contribution in [0.25, 0.3) is 5.69 Å². The van der Waals surface area contributed by atoms with Crippen molar-refractivity contribution in [1.82, 2.24) is 14.7 Å². The van der Waals surface area contributed by atoms with Crippen LogP contribution in [0.1, 0.15) is 16.2 Å². The topological polar surface area (TPSA) is 84.3 Å². The molecule has 0 aliphatic carbocycles. The van der Waals surface area contributed by atoms with Crippen molar-refractivity contribution >= 4 is 40.7 Å². The first kappa shape index (κ1) is 21.5. The summed E-state index contributed by atoms with van der Waals surface area (Å²) in [6.45, 7) is 1.40. The Labute approximate surface area is 182 Å². The average molecular weight is 445 g/mol. The predicted molar refractivity (Wildman–Crippen MR) is 117 cm³/mol. The van der Waals surface area contributed by atoms with Crippen molar-refractivity contribution in [2.45, 2.75) is 6.92 Å². The van der Waals surface area contributed by atoms with Crippen molar-refractivity contribution in [3.8, 4) is 5.69 Å². The standard InChI is InChI=1S/C21H18Cl2N4O3/c1-13-11-17(28)20(25-27(13)14-7-4-3-5-8-14)21(30)26(2)12-18(29)24-19-15(22)9-6-10-16(19)23/h3-11H,12H2,1-2H3,(H,24,29). The van der Waals surface area contributed by atoms with E-state index in [2.05, 4.69) is 10.4 Å². The molecule has 1 aromatic heterocycles. The minimum absolute atomic E-state index is 0.256. The van der Waals surface area contributed by atoms with Crippen LogP contribution in [0.2, 0.25) is 10.0 Å². The summed E-state index contributed by atoms with van der Waals surface area (Å²) in [5.74, 6) is -1.19. The summed E-state index contributed by atoms with van der Waals surface area (Å²) in [6.07, 6.45) is 0. The second kappa shape index (κ2) is 9.11. The number of carbonyl (C=O) groups is 2. The molecule has 0 unspecified atom stereocenters. The maximum absolute atomic E-state index is 12.8. The van der Waals surface area contributed by atoms with E-state index in [4.69, 9.17) is 23.2 Å². The highest BCUT2D eigenvalue weighted by Gasteiger charge is 2.21. The molecule has 1 heterocycles. The summed E-state index contributed by atoms with van der Waals surface area (Å²) in [5.41, 5.74) is 0.738. The zero-order chi connectivity index (χ0) is 21.8. The SMILES string of the molecule is Cc1cc(=O)c(C(=O)N(C)CC(=O)Nc2c(Cl)cccc2Cl)nn1-c1ccccc1. The minimum atomic E-state index is -0.676. The quantitative estimate of drug-likeness (QED) is 0.651. The zero-order valence-corrected chi connectivity index (χ0v) is 17.7. The fraction of sp³-hybridized carbons (Fsp3) is 0.143. The highest BCUT2D eigenvalue weighted by Crippen LogP contribution is 2.29. The second-order valence-corrected chi connectivity index (χ2v) is 7.37. The molecule has 0 saturated heterocycles. The Bertz CT molecular complexity index is 1140. The number of likely N-dealkylation sites (N-methyl/N-ethyl adjacent to an activating group) is 1. The lowest BCUT2D eigenvalue weighted by Crippen LogP contribution is -2.38. The number of hydrogen-bond acceptors (Lipinski definition) is 4. The molecule has 3 aromatic rings. The molecule has 0 radical (unpaired) electrons. The van der Waals surface area contributed by atoms with Crippen LogP contribution in [0.5, 0.6) is 0 Å². The number of nitrogens with one attached hydrogen (secondary N) is 1. The molecule has 2 amide bonds. The van der Waals surface area contributed by atoms with Gasteiger partial charge in [0.25, 0.3) is 5.91 Å². The fourth-order valence-electron chi connectivity index (χ4n) is 2.79. The van der Waals surface area contributed by atoms with Gasteiger partial charge in [0, 0.05) is 18.8 Å². The van der Waals surface area contributed by atoms with Crippen molar-refractivity contribution in [2.24, 2.45) is 0 Å². The highest BCUT2D eigenvalue weighted by atomic mass is 35.5. The smallest absolute Gasteiger partial charge is 0.278 e. The van der Waals surface area contributed by atoms with Crippen LogP contribution in [0.4, 0.5) is 5.69 Å². The summed E-state index contributed by atoms with van der Waals surface area (Å²) < 4.78 is 1.51. The molecule has 154 valence electrons. The normalized spacial score (nSPS) is 10.5. The van der Waals surface area contributed by atoms with Crippen LogP contribution in [0.15, 0.2) is 59.4 Å². The van der Waals surface area contributed by atoms with Crippen molar-refractivity contribution in [3.63, 3.8) is 0 Å². The van der Waals surface area contributed by atoms with Crippen LogP contribution in [-0.4, -0.2) is 40.1 Å².